The summed E-state index contributed by atoms with van der Waals surface area (Å²) in [6.07, 6.45) is 3.49. The Balaban J connectivity index is 2.50. The fraction of sp³-hybridized carbons (Fsp3) is 0.333. The number of methoxy groups -OCH3 is 1. The molecule has 94 valence electrons. The minimum atomic E-state index is 0.298. The van der Waals surface area contributed by atoms with Gasteiger partial charge in [0.2, 0.25) is 5.95 Å². The standard InChI is InChI=1S/C12H15N5O/c1-4-14-11-15-10(16-12(17-11)18-3)9-5-6-13-7-8(9)2/h5-7H,4H2,1-3H3,(H,14,15,16,17). The molecule has 0 aromatic carbocycles. The van der Waals surface area contributed by atoms with Crippen LogP contribution in [0.2, 0.25) is 0 Å². The van der Waals surface area contributed by atoms with Gasteiger partial charge in [-0.25, -0.2) is 0 Å². The van der Waals surface area contributed by atoms with E-state index in [0.29, 0.717) is 17.8 Å². The Kier molecular flexibility index (Phi) is 3.66. The van der Waals surface area contributed by atoms with Crippen LogP contribution in [0.25, 0.3) is 11.4 Å². The molecule has 0 aliphatic rings. The van der Waals surface area contributed by atoms with Crippen LogP contribution in [0.15, 0.2) is 18.5 Å². The summed E-state index contributed by atoms with van der Waals surface area (Å²) in [7, 11) is 1.54. The van der Waals surface area contributed by atoms with Crippen LogP contribution >= 0.6 is 0 Å². The van der Waals surface area contributed by atoms with Crippen molar-refractivity contribution in [1.82, 2.24) is 19.9 Å². The first-order valence-electron chi connectivity index (χ1n) is 5.69. The minimum Gasteiger partial charge on any atom is -0.467 e. The van der Waals surface area contributed by atoms with Crippen molar-refractivity contribution in [2.45, 2.75) is 13.8 Å². The smallest absolute Gasteiger partial charge is 0.321 e. The van der Waals surface area contributed by atoms with Crippen LogP contribution in [0.1, 0.15) is 12.5 Å². The van der Waals surface area contributed by atoms with E-state index in [1.807, 2.05) is 19.9 Å². The number of pyridine rings is 1. The molecule has 2 aromatic rings. The van der Waals surface area contributed by atoms with Gasteiger partial charge in [-0.05, 0) is 25.5 Å². The zero-order valence-electron chi connectivity index (χ0n) is 10.6. The first-order chi connectivity index (χ1) is 8.74. The molecular formula is C12H15N5O. The summed E-state index contributed by atoms with van der Waals surface area (Å²) in [5.41, 5.74) is 1.93. The lowest BCUT2D eigenvalue weighted by molar-refractivity contribution is 0.379. The van der Waals surface area contributed by atoms with Gasteiger partial charge in [-0.3, -0.25) is 4.98 Å². The fourth-order valence-corrected chi connectivity index (χ4v) is 1.53. The molecule has 0 spiro atoms. The van der Waals surface area contributed by atoms with Gasteiger partial charge < -0.3 is 10.1 Å². The lowest BCUT2D eigenvalue weighted by atomic mass is 10.1. The molecule has 0 amide bonds. The Morgan fingerprint density at radius 3 is 2.78 bits per heavy atom. The van der Waals surface area contributed by atoms with Gasteiger partial charge in [-0.2, -0.15) is 15.0 Å². The maximum absolute atomic E-state index is 5.09. The van der Waals surface area contributed by atoms with Crippen molar-refractivity contribution in [3.05, 3.63) is 24.0 Å². The predicted molar refractivity (Wildman–Crippen MR) is 68.5 cm³/mol. The number of rotatable bonds is 4. The topological polar surface area (TPSA) is 72.8 Å². The lowest BCUT2D eigenvalue weighted by Gasteiger charge is -2.08. The van der Waals surface area contributed by atoms with Gasteiger partial charge in [0.15, 0.2) is 5.82 Å². The lowest BCUT2D eigenvalue weighted by Crippen LogP contribution is -2.06. The second-order valence-electron chi connectivity index (χ2n) is 3.69. The van der Waals surface area contributed by atoms with Gasteiger partial charge in [0, 0.05) is 24.5 Å². The van der Waals surface area contributed by atoms with E-state index in [2.05, 4.69) is 25.3 Å². The van der Waals surface area contributed by atoms with Crippen LogP contribution in [0.5, 0.6) is 6.01 Å². The molecule has 0 saturated carbocycles. The second-order valence-corrected chi connectivity index (χ2v) is 3.69. The molecule has 0 unspecified atom stereocenters. The molecule has 18 heavy (non-hydrogen) atoms. The summed E-state index contributed by atoms with van der Waals surface area (Å²) in [6, 6.07) is 2.17. The average Bonchev–Trinajstić information content (AvgIpc) is 2.39. The third-order valence-corrected chi connectivity index (χ3v) is 2.39. The summed E-state index contributed by atoms with van der Waals surface area (Å²) < 4.78 is 5.09. The van der Waals surface area contributed by atoms with Crippen molar-refractivity contribution in [2.75, 3.05) is 19.0 Å². The molecule has 0 radical (unpaired) electrons. The summed E-state index contributed by atoms with van der Waals surface area (Å²) in [4.78, 5) is 16.8. The summed E-state index contributed by atoms with van der Waals surface area (Å²) in [5.74, 6) is 1.09. The van der Waals surface area contributed by atoms with Crippen molar-refractivity contribution >= 4 is 5.95 Å². The molecule has 2 heterocycles. The molecule has 1 N–H and O–H groups in total. The number of aromatic nitrogens is 4. The van der Waals surface area contributed by atoms with Crippen LogP contribution in [0.3, 0.4) is 0 Å². The van der Waals surface area contributed by atoms with Crippen molar-refractivity contribution in [2.24, 2.45) is 0 Å². The second kappa shape index (κ2) is 5.39. The molecule has 0 fully saturated rings. The molecule has 2 rings (SSSR count). The highest BCUT2D eigenvalue weighted by Crippen LogP contribution is 2.21. The van der Waals surface area contributed by atoms with E-state index in [1.165, 1.54) is 7.11 Å². The molecule has 0 saturated heterocycles. The SMILES string of the molecule is CCNc1nc(OC)nc(-c2ccncc2C)n1. The summed E-state index contributed by atoms with van der Waals surface area (Å²) >= 11 is 0. The average molecular weight is 245 g/mol. The van der Waals surface area contributed by atoms with Crippen molar-refractivity contribution in [1.29, 1.82) is 0 Å². The molecular weight excluding hydrogens is 230 g/mol. The van der Waals surface area contributed by atoms with E-state index >= 15 is 0 Å². The number of hydrogen-bond donors (Lipinski definition) is 1. The Hall–Kier alpha value is -2.24. The van der Waals surface area contributed by atoms with Gasteiger partial charge >= 0.3 is 6.01 Å². The van der Waals surface area contributed by atoms with E-state index in [0.717, 1.165) is 17.7 Å². The maximum Gasteiger partial charge on any atom is 0.321 e. The van der Waals surface area contributed by atoms with E-state index in [1.54, 1.807) is 12.4 Å². The monoisotopic (exact) mass is 245 g/mol. The van der Waals surface area contributed by atoms with Gasteiger partial charge in [0.1, 0.15) is 0 Å². The van der Waals surface area contributed by atoms with E-state index in [-0.39, 0.29) is 0 Å². The van der Waals surface area contributed by atoms with Crippen molar-refractivity contribution in [3.63, 3.8) is 0 Å². The Morgan fingerprint density at radius 2 is 2.11 bits per heavy atom. The molecule has 0 aliphatic heterocycles. The van der Waals surface area contributed by atoms with E-state index < -0.39 is 0 Å². The highest BCUT2D eigenvalue weighted by Gasteiger charge is 2.10. The zero-order valence-corrected chi connectivity index (χ0v) is 10.6. The molecule has 6 nitrogen and oxygen atoms in total. The molecule has 0 bridgehead atoms. The van der Waals surface area contributed by atoms with Gasteiger partial charge in [-0.1, -0.05) is 0 Å². The quantitative estimate of drug-likeness (QED) is 0.883. The summed E-state index contributed by atoms with van der Waals surface area (Å²) in [5, 5.41) is 3.05. The van der Waals surface area contributed by atoms with E-state index in [9.17, 15) is 0 Å². The third kappa shape index (κ3) is 2.53. The number of nitrogens with zero attached hydrogens (tertiary/aromatic N) is 4. The number of hydrogen-bond acceptors (Lipinski definition) is 6. The third-order valence-electron chi connectivity index (χ3n) is 2.39. The first-order valence-corrected chi connectivity index (χ1v) is 5.69. The Morgan fingerprint density at radius 1 is 1.28 bits per heavy atom. The van der Waals surface area contributed by atoms with Crippen LogP contribution in [0.4, 0.5) is 5.95 Å². The van der Waals surface area contributed by atoms with Crippen LogP contribution in [-0.4, -0.2) is 33.6 Å². The van der Waals surface area contributed by atoms with Gasteiger partial charge in [0.25, 0.3) is 0 Å². The molecule has 6 heteroatoms. The van der Waals surface area contributed by atoms with Gasteiger partial charge in [0.05, 0.1) is 7.11 Å². The fourth-order valence-electron chi connectivity index (χ4n) is 1.53. The predicted octanol–water partition coefficient (Wildman–Crippen LogP) is 1.68. The minimum absolute atomic E-state index is 0.298. The highest BCUT2D eigenvalue weighted by molar-refractivity contribution is 5.60. The van der Waals surface area contributed by atoms with Gasteiger partial charge in [-0.15, -0.1) is 0 Å². The van der Waals surface area contributed by atoms with Crippen molar-refractivity contribution < 1.29 is 4.74 Å². The van der Waals surface area contributed by atoms with Crippen LogP contribution in [0, 0.1) is 6.92 Å². The number of ether oxygens (including phenoxy) is 1. The zero-order chi connectivity index (χ0) is 13.0. The Labute approximate surface area is 105 Å². The number of nitrogens with one attached hydrogen (secondary N) is 1. The largest absolute Gasteiger partial charge is 0.467 e. The maximum atomic E-state index is 5.09. The molecule has 0 aliphatic carbocycles. The number of aryl methyl sites for hydroxylation is 1. The number of anilines is 1. The van der Waals surface area contributed by atoms with Crippen LogP contribution < -0.4 is 10.1 Å². The van der Waals surface area contributed by atoms with Crippen LogP contribution in [-0.2, 0) is 0 Å². The van der Waals surface area contributed by atoms with Crippen molar-refractivity contribution in [3.8, 4) is 17.4 Å². The first kappa shape index (κ1) is 12.2. The van der Waals surface area contributed by atoms with E-state index in [4.69, 9.17) is 4.74 Å². The normalized spacial score (nSPS) is 10.2. The summed E-state index contributed by atoms with van der Waals surface area (Å²) in [6.45, 7) is 4.68. The molecule has 2 aromatic heterocycles. The molecule has 0 atom stereocenters. The highest BCUT2D eigenvalue weighted by atomic mass is 16.5. The Bertz CT molecular complexity index is 544.